The van der Waals surface area contributed by atoms with Gasteiger partial charge in [-0.05, 0) is 42.3 Å². The molecule has 1 N–H and O–H groups in total. The number of hydrogen-bond donors (Lipinski definition) is 1. The summed E-state index contributed by atoms with van der Waals surface area (Å²) in [5.74, 6) is 0.330. The van der Waals surface area contributed by atoms with Crippen LogP contribution in [0, 0.1) is 5.82 Å². The fourth-order valence-electron chi connectivity index (χ4n) is 3.80. The average Bonchev–Trinajstić information content (AvgIpc) is 2.73. The molecule has 1 amide bonds. The van der Waals surface area contributed by atoms with Crippen molar-refractivity contribution in [3.05, 3.63) is 65.5 Å². The highest BCUT2D eigenvalue weighted by Crippen LogP contribution is 2.39. The molecule has 2 aromatic carbocycles. The molecule has 2 atom stereocenters. The van der Waals surface area contributed by atoms with E-state index in [9.17, 15) is 17.6 Å². The predicted octanol–water partition coefficient (Wildman–Crippen LogP) is 3.57. The fourth-order valence-corrected chi connectivity index (χ4v) is 4.27. The molecule has 1 unspecified atom stereocenters. The van der Waals surface area contributed by atoms with Crippen LogP contribution in [0.25, 0.3) is 0 Å². The zero-order valence-electron chi connectivity index (χ0n) is 17.8. The van der Waals surface area contributed by atoms with E-state index in [1.165, 1.54) is 12.1 Å². The third-order valence-electron chi connectivity index (χ3n) is 5.60. The van der Waals surface area contributed by atoms with E-state index in [1.54, 1.807) is 24.1 Å². The Balaban J connectivity index is 1.81. The van der Waals surface area contributed by atoms with Crippen molar-refractivity contribution in [2.75, 3.05) is 26.5 Å². The number of cyclic esters (lactones) is 1. The Hall–Kier alpha value is -2.65. The minimum atomic E-state index is -3.39. The number of rotatable bonds is 8. The number of sulfonamides is 1. The molecule has 0 aliphatic carbocycles. The normalized spacial score (nSPS) is 20.3. The van der Waals surface area contributed by atoms with Gasteiger partial charge in [-0.2, -0.15) is 0 Å². The van der Waals surface area contributed by atoms with Crippen molar-refractivity contribution in [1.82, 2.24) is 9.62 Å². The second kappa shape index (κ2) is 9.23. The highest BCUT2D eigenvalue weighted by Gasteiger charge is 2.43. The number of halogens is 1. The summed E-state index contributed by atoms with van der Waals surface area (Å²) in [7, 11) is -1.80. The number of carbonyl (C=O) groups excluding carboxylic acids is 1. The zero-order valence-corrected chi connectivity index (χ0v) is 18.6. The van der Waals surface area contributed by atoms with Gasteiger partial charge in [0.1, 0.15) is 17.2 Å². The SMILES string of the molecule is COc1ccc([C@H](C)N2CCC(CCNS(C)(=O)=O)(c3ccc(F)cc3)OC2=O)cc1. The molecule has 1 aliphatic rings. The number of nitrogens with zero attached hydrogens (tertiary/aromatic N) is 1. The smallest absolute Gasteiger partial charge is 0.411 e. The molecule has 0 bridgehead atoms. The van der Waals surface area contributed by atoms with Gasteiger partial charge in [0.05, 0.1) is 19.4 Å². The van der Waals surface area contributed by atoms with E-state index < -0.39 is 27.5 Å². The summed E-state index contributed by atoms with van der Waals surface area (Å²) in [6.45, 7) is 2.42. The maximum Gasteiger partial charge on any atom is 0.411 e. The minimum Gasteiger partial charge on any atom is -0.497 e. The van der Waals surface area contributed by atoms with Crippen molar-refractivity contribution in [3.8, 4) is 5.75 Å². The lowest BCUT2D eigenvalue weighted by molar-refractivity contribution is -0.0644. The van der Waals surface area contributed by atoms with E-state index in [4.69, 9.17) is 9.47 Å². The van der Waals surface area contributed by atoms with Crippen molar-refractivity contribution < 1.29 is 27.1 Å². The summed E-state index contributed by atoms with van der Waals surface area (Å²) in [4.78, 5) is 14.6. The van der Waals surface area contributed by atoms with E-state index in [0.717, 1.165) is 17.6 Å². The number of nitrogens with one attached hydrogen (secondary N) is 1. The Morgan fingerprint density at radius 1 is 1.19 bits per heavy atom. The van der Waals surface area contributed by atoms with E-state index >= 15 is 0 Å². The summed E-state index contributed by atoms with van der Waals surface area (Å²) >= 11 is 0. The van der Waals surface area contributed by atoms with Gasteiger partial charge in [0.25, 0.3) is 0 Å². The van der Waals surface area contributed by atoms with Crippen LogP contribution in [0.15, 0.2) is 48.5 Å². The Labute approximate surface area is 182 Å². The van der Waals surface area contributed by atoms with Gasteiger partial charge < -0.3 is 14.4 Å². The standard InChI is InChI=1S/C22H27FN2O5S/c1-16(17-4-10-20(29-2)11-5-17)25-15-13-22(30-21(25)26,12-14-24-31(3,27)28)18-6-8-19(23)9-7-18/h4-11,16,24H,12-15H2,1-3H3/t16-,22?/m0/s1. The molecular formula is C22H27FN2O5S. The molecule has 0 saturated carbocycles. The van der Waals surface area contributed by atoms with Gasteiger partial charge in [0, 0.05) is 25.9 Å². The van der Waals surface area contributed by atoms with Crippen LogP contribution in [-0.2, 0) is 20.4 Å². The lowest BCUT2D eigenvalue weighted by atomic mass is 9.85. The van der Waals surface area contributed by atoms with Crippen LogP contribution < -0.4 is 9.46 Å². The third-order valence-corrected chi connectivity index (χ3v) is 6.33. The van der Waals surface area contributed by atoms with Crippen LogP contribution >= 0.6 is 0 Å². The number of ether oxygens (including phenoxy) is 2. The second-order valence-corrected chi connectivity index (χ2v) is 9.51. The first-order valence-electron chi connectivity index (χ1n) is 9.98. The van der Waals surface area contributed by atoms with E-state index in [2.05, 4.69) is 4.72 Å². The fraction of sp³-hybridized carbons (Fsp3) is 0.409. The molecule has 0 aromatic heterocycles. The predicted molar refractivity (Wildman–Crippen MR) is 115 cm³/mol. The highest BCUT2D eigenvalue weighted by molar-refractivity contribution is 7.88. The maximum atomic E-state index is 13.5. The molecule has 1 fully saturated rings. The van der Waals surface area contributed by atoms with Crippen LogP contribution in [-0.4, -0.2) is 45.9 Å². The summed E-state index contributed by atoms with van der Waals surface area (Å²) in [5, 5.41) is 0. The van der Waals surface area contributed by atoms with Crippen LogP contribution in [0.1, 0.15) is 36.9 Å². The van der Waals surface area contributed by atoms with E-state index in [0.29, 0.717) is 18.5 Å². The summed E-state index contributed by atoms with van der Waals surface area (Å²) < 4.78 is 50.0. The van der Waals surface area contributed by atoms with Crippen molar-refractivity contribution in [3.63, 3.8) is 0 Å². The third kappa shape index (κ3) is 5.54. The molecule has 0 radical (unpaired) electrons. The van der Waals surface area contributed by atoms with E-state index in [1.807, 2.05) is 31.2 Å². The highest BCUT2D eigenvalue weighted by atomic mass is 32.2. The molecule has 7 nitrogen and oxygen atoms in total. The van der Waals surface area contributed by atoms with Crippen LogP contribution in [0.2, 0.25) is 0 Å². The Morgan fingerprint density at radius 2 is 1.84 bits per heavy atom. The van der Waals surface area contributed by atoms with Gasteiger partial charge >= 0.3 is 6.09 Å². The van der Waals surface area contributed by atoms with Gasteiger partial charge in [0.15, 0.2) is 0 Å². The van der Waals surface area contributed by atoms with Gasteiger partial charge in [0.2, 0.25) is 10.0 Å². The molecule has 168 valence electrons. The lowest BCUT2D eigenvalue weighted by Gasteiger charge is -2.43. The molecule has 3 rings (SSSR count). The van der Waals surface area contributed by atoms with Crippen LogP contribution in [0.3, 0.4) is 0 Å². The zero-order chi connectivity index (χ0) is 22.6. The first kappa shape index (κ1) is 23.0. The van der Waals surface area contributed by atoms with Crippen molar-refractivity contribution >= 4 is 16.1 Å². The quantitative estimate of drug-likeness (QED) is 0.665. The van der Waals surface area contributed by atoms with E-state index in [-0.39, 0.29) is 19.0 Å². The monoisotopic (exact) mass is 450 g/mol. The topological polar surface area (TPSA) is 84.9 Å². The Kier molecular flexibility index (Phi) is 6.86. The molecule has 9 heteroatoms. The van der Waals surface area contributed by atoms with Crippen molar-refractivity contribution in [2.45, 2.75) is 31.4 Å². The summed E-state index contributed by atoms with van der Waals surface area (Å²) in [5.41, 5.74) is 0.526. The minimum absolute atomic E-state index is 0.0948. The van der Waals surface area contributed by atoms with Gasteiger partial charge in [-0.25, -0.2) is 22.3 Å². The van der Waals surface area contributed by atoms with Gasteiger partial charge in [-0.15, -0.1) is 0 Å². The van der Waals surface area contributed by atoms with Crippen LogP contribution in [0.5, 0.6) is 5.75 Å². The van der Waals surface area contributed by atoms with Gasteiger partial charge in [-0.1, -0.05) is 24.3 Å². The lowest BCUT2D eigenvalue weighted by Crippen LogP contribution is -2.49. The number of carbonyl (C=O) groups is 1. The second-order valence-electron chi connectivity index (χ2n) is 7.68. The number of benzene rings is 2. The number of hydrogen-bond acceptors (Lipinski definition) is 5. The first-order valence-corrected chi connectivity index (χ1v) is 11.9. The summed E-state index contributed by atoms with van der Waals surface area (Å²) in [6, 6.07) is 13.0. The molecule has 1 aliphatic heterocycles. The molecule has 31 heavy (non-hydrogen) atoms. The number of amides is 1. The molecular weight excluding hydrogens is 423 g/mol. The molecule has 1 saturated heterocycles. The maximum absolute atomic E-state index is 13.5. The van der Waals surface area contributed by atoms with Crippen molar-refractivity contribution in [1.29, 1.82) is 0 Å². The average molecular weight is 451 g/mol. The largest absolute Gasteiger partial charge is 0.497 e. The van der Waals surface area contributed by atoms with Crippen LogP contribution in [0.4, 0.5) is 9.18 Å². The number of methoxy groups -OCH3 is 1. The summed E-state index contributed by atoms with van der Waals surface area (Å²) in [6.07, 6.45) is 1.25. The Morgan fingerprint density at radius 3 is 2.39 bits per heavy atom. The molecule has 0 spiro atoms. The first-order chi connectivity index (χ1) is 14.6. The molecule has 1 heterocycles. The Bertz CT molecular complexity index is 1010. The molecule has 2 aromatic rings. The van der Waals surface area contributed by atoms with Crippen molar-refractivity contribution in [2.24, 2.45) is 0 Å². The van der Waals surface area contributed by atoms with Gasteiger partial charge in [-0.3, -0.25) is 0 Å².